The maximum atomic E-state index is 11.8. The minimum Gasteiger partial charge on any atom is -0.444 e. The number of unbranched alkanes of at least 4 members (excludes halogenated alkanes) is 2. The van der Waals surface area contributed by atoms with Gasteiger partial charge in [-0.05, 0) is 40.0 Å². The van der Waals surface area contributed by atoms with Gasteiger partial charge in [-0.2, -0.15) is 0 Å². The maximum absolute atomic E-state index is 11.8. The molecule has 0 radical (unpaired) electrons. The number of hydrogen-bond acceptors (Lipinski definition) is 11. The zero-order valence-electron chi connectivity index (χ0n) is 26.0. The lowest BCUT2D eigenvalue weighted by Gasteiger charge is -2.19. The second-order valence-corrected chi connectivity index (χ2v) is 10.4. The van der Waals surface area contributed by atoms with Crippen LogP contribution < -0.4 is 10.6 Å². The number of nitrogens with zero attached hydrogens (tertiary/aromatic N) is 1. The highest BCUT2D eigenvalue weighted by molar-refractivity contribution is 6.12. The number of amides is 4. The molecule has 1 rings (SSSR count). The number of nitrogens with one attached hydrogen (secondary N) is 2. The van der Waals surface area contributed by atoms with Crippen LogP contribution in [0, 0.1) is 0 Å². The number of rotatable bonds is 27. The number of imide groups is 1. The molecule has 248 valence electrons. The monoisotopic (exact) mass is 617 g/mol. The zero-order chi connectivity index (χ0) is 31.6. The molecule has 1 heterocycles. The van der Waals surface area contributed by atoms with Crippen LogP contribution in [-0.2, 0) is 47.5 Å². The van der Waals surface area contributed by atoms with E-state index in [0.29, 0.717) is 105 Å². The summed E-state index contributed by atoms with van der Waals surface area (Å²) >= 11 is 0. The molecule has 0 aromatic heterocycles. The van der Waals surface area contributed by atoms with Crippen LogP contribution in [-0.4, -0.2) is 133 Å². The standard InChI is InChI=1S/C29H51N3O11/c1-29(2,3)43-28(36)31-11-14-38-16-18-40-20-22-42-24-23-41-21-19-39-17-15-37-13-9-25(33)30-10-5-4-6-12-32-26(34)7-8-27(32)35/h7-8H,4-6,9-24H2,1-3H3,(H,30,33)(H,31,36). The molecule has 43 heavy (non-hydrogen) atoms. The van der Waals surface area contributed by atoms with Crippen molar-refractivity contribution in [3.63, 3.8) is 0 Å². The van der Waals surface area contributed by atoms with Crippen molar-refractivity contribution in [2.24, 2.45) is 0 Å². The second-order valence-electron chi connectivity index (χ2n) is 10.4. The third-order valence-electron chi connectivity index (χ3n) is 5.53. The van der Waals surface area contributed by atoms with Crippen molar-refractivity contribution in [2.45, 2.75) is 52.1 Å². The molecular weight excluding hydrogens is 566 g/mol. The molecular formula is C29H51N3O11. The Kier molecular flexibility index (Phi) is 22.1. The molecule has 0 saturated heterocycles. The molecule has 0 aromatic carbocycles. The second kappa shape index (κ2) is 24.8. The van der Waals surface area contributed by atoms with Gasteiger partial charge < -0.3 is 43.8 Å². The average Bonchev–Trinajstić information content (AvgIpc) is 3.27. The zero-order valence-corrected chi connectivity index (χ0v) is 26.0. The highest BCUT2D eigenvalue weighted by atomic mass is 16.6. The van der Waals surface area contributed by atoms with Gasteiger partial charge in [-0.3, -0.25) is 19.3 Å². The van der Waals surface area contributed by atoms with Gasteiger partial charge in [0, 0.05) is 38.2 Å². The summed E-state index contributed by atoms with van der Waals surface area (Å²) in [6.45, 7) is 11.8. The van der Waals surface area contributed by atoms with Crippen molar-refractivity contribution in [3.05, 3.63) is 12.2 Å². The molecule has 14 nitrogen and oxygen atoms in total. The highest BCUT2D eigenvalue weighted by Gasteiger charge is 2.22. The molecule has 2 N–H and O–H groups in total. The van der Waals surface area contributed by atoms with Crippen molar-refractivity contribution >= 4 is 23.8 Å². The van der Waals surface area contributed by atoms with Gasteiger partial charge in [0.15, 0.2) is 0 Å². The van der Waals surface area contributed by atoms with Crippen molar-refractivity contribution < 1.29 is 52.3 Å². The molecule has 1 aliphatic heterocycles. The third kappa shape index (κ3) is 23.5. The van der Waals surface area contributed by atoms with Gasteiger partial charge in [0.05, 0.1) is 79.3 Å². The van der Waals surface area contributed by atoms with Gasteiger partial charge in [-0.25, -0.2) is 4.79 Å². The van der Waals surface area contributed by atoms with Gasteiger partial charge in [0.25, 0.3) is 11.8 Å². The van der Waals surface area contributed by atoms with Crippen LogP contribution in [0.25, 0.3) is 0 Å². The largest absolute Gasteiger partial charge is 0.444 e. The number of ether oxygens (including phenoxy) is 7. The summed E-state index contributed by atoms with van der Waals surface area (Å²) in [5, 5.41) is 5.45. The fraction of sp³-hybridized carbons (Fsp3) is 0.793. The van der Waals surface area contributed by atoms with Gasteiger partial charge in [-0.1, -0.05) is 0 Å². The first kappa shape index (κ1) is 38.4. The van der Waals surface area contributed by atoms with Crippen LogP contribution >= 0.6 is 0 Å². The van der Waals surface area contributed by atoms with E-state index in [1.807, 2.05) is 20.8 Å². The molecule has 1 aliphatic rings. The van der Waals surface area contributed by atoms with Crippen LogP contribution in [0.15, 0.2) is 12.2 Å². The summed E-state index contributed by atoms with van der Waals surface area (Å²) in [4.78, 5) is 47.4. The Bertz CT molecular complexity index is 800. The van der Waals surface area contributed by atoms with Gasteiger partial charge in [-0.15, -0.1) is 0 Å². The number of carbonyl (C=O) groups excluding carboxylic acids is 4. The molecule has 0 spiro atoms. The Morgan fingerprint density at radius 3 is 1.58 bits per heavy atom. The van der Waals surface area contributed by atoms with Gasteiger partial charge in [0.2, 0.25) is 5.91 Å². The summed E-state index contributed by atoms with van der Waals surface area (Å²) < 4.78 is 37.6. The van der Waals surface area contributed by atoms with E-state index in [1.54, 1.807) is 0 Å². The summed E-state index contributed by atoms with van der Waals surface area (Å²) in [5.74, 6) is -0.601. The lowest BCUT2D eigenvalue weighted by Crippen LogP contribution is -2.34. The van der Waals surface area contributed by atoms with E-state index < -0.39 is 11.7 Å². The Morgan fingerprint density at radius 1 is 0.628 bits per heavy atom. The van der Waals surface area contributed by atoms with E-state index in [0.717, 1.165) is 12.8 Å². The summed E-state index contributed by atoms with van der Waals surface area (Å²) in [7, 11) is 0. The van der Waals surface area contributed by atoms with Crippen molar-refractivity contribution in [2.75, 3.05) is 98.9 Å². The molecule has 0 atom stereocenters. The Labute approximate surface area is 255 Å². The fourth-order valence-corrected chi connectivity index (χ4v) is 3.45. The molecule has 0 aromatic rings. The summed E-state index contributed by atoms with van der Waals surface area (Å²) in [6.07, 6.45) is 4.69. The molecule has 0 saturated carbocycles. The third-order valence-corrected chi connectivity index (χ3v) is 5.53. The quantitative estimate of drug-likeness (QED) is 0.101. The normalized spacial score (nSPS) is 13.1. The smallest absolute Gasteiger partial charge is 0.407 e. The van der Waals surface area contributed by atoms with E-state index in [1.165, 1.54) is 17.1 Å². The summed E-state index contributed by atoms with van der Waals surface area (Å²) in [5.41, 5.74) is -0.519. The number of carbonyl (C=O) groups is 4. The number of alkyl carbamates (subject to hydrolysis) is 1. The van der Waals surface area contributed by atoms with Crippen molar-refractivity contribution in [3.8, 4) is 0 Å². The number of hydrogen-bond donors (Lipinski definition) is 2. The fourth-order valence-electron chi connectivity index (χ4n) is 3.45. The lowest BCUT2D eigenvalue weighted by molar-refractivity contribution is -0.136. The van der Waals surface area contributed by atoms with Crippen molar-refractivity contribution in [1.29, 1.82) is 0 Å². The Balaban J connectivity index is 1.71. The van der Waals surface area contributed by atoms with E-state index in [9.17, 15) is 19.2 Å². The first-order chi connectivity index (χ1) is 20.7. The van der Waals surface area contributed by atoms with E-state index in [2.05, 4.69) is 10.6 Å². The molecule has 0 unspecified atom stereocenters. The molecule has 4 amide bonds. The Morgan fingerprint density at radius 2 is 1.09 bits per heavy atom. The summed E-state index contributed by atoms with van der Waals surface area (Å²) in [6, 6.07) is 0. The van der Waals surface area contributed by atoms with Crippen LogP contribution in [0.5, 0.6) is 0 Å². The first-order valence-corrected chi connectivity index (χ1v) is 14.9. The van der Waals surface area contributed by atoms with Gasteiger partial charge >= 0.3 is 6.09 Å². The topological polar surface area (TPSA) is 160 Å². The minimum absolute atomic E-state index is 0.0762. The van der Waals surface area contributed by atoms with Crippen LogP contribution in [0.2, 0.25) is 0 Å². The minimum atomic E-state index is -0.519. The predicted molar refractivity (Wildman–Crippen MR) is 156 cm³/mol. The molecule has 14 heteroatoms. The molecule has 0 aliphatic carbocycles. The van der Waals surface area contributed by atoms with E-state index >= 15 is 0 Å². The molecule has 0 bridgehead atoms. The van der Waals surface area contributed by atoms with Gasteiger partial charge in [0.1, 0.15) is 5.60 Å². The predicted octanol–water partition coefficient (Wildman–Crippen LogP) is 1.21. The maximum Gasteiger partial charge on any atom is 0.407 e. The lowest BCUT2D eigenvalue weighted by atomic mass is 10.2. The van der Waals surface area contributed by atoms with E-state index in [-0.39, 0.29) is 24.1 Å². The molecule has 0 fully saturated rings. The first-order valence-electron chi connectivity index (χ1n) is 14.9. The SMILES string of the molecule is CC(C)(C)OC(=O)NCCOCCOCCOCCOCCOCCOCCC(=O)NCCCCCN1C(=O)C=CC1=O. The highest BCUT2D eigenvalue weighted by Crippen LogP contribution is 2.07. The van der Waals surface area contributed by atoms with Crippen LogP contribution in [0.3, 0.4) is 0 Å². The van der Waals surface area contributed by atoms with E-state index in [4.69, 9.17) is 33.2 Å². The van der Waals surface area contributed by atoms with Crippen LogP contribution in [0.1, 0.15) is 46.5 Å². The van der Waals surface area contributed by atoms with Crippen molar-refractivity contribution in [1.82, 2.24) is 15.5 Å². The average molecular weight is 618 g/mol. The van der Waals surface area contributed by atoms with Crippen LogP contribution in [0.4, 0.5) is 4.79 Å². The Hall–Kier alpha value is -2.62.